The van der Waals surface area contributed by atoms with E-state index in [4.69, 9.17) is 0 Å². The SMILES string of the molecule is Cn1cnnc1C(F)(F)C(C)(F)c1cccc(-n2cc3c(C(F)(F)F)cc(C=O)cn3c2=O)c1. The highest BCUT2D eigenvalue weighted by molar-refractivity contribution is 5.76. The number of hydrogen-bond acceptors (Lipinski definition) is 4. The largest absolute Gasteiger partial charge is 0.418 e. The van der Waals surface area contributed by atoms with E-state index in [1.54, 1.807) is 0 Å². The molecule has 1 unspecified atom stereocenters. The maximum atomic E-state index is 15.6. The lowest BCUT2D eigenvalue weighted by Crippen LogP contribution is -2.39. The molecule has 1 aromatic carbocycles. The van der Waals surface area contributed by atoms with Crippen molar-refractivity contribution < 1.29 is 31.1 Å². The fraction of sp³-hybridized carbons (Fsp3) is 0.238. The van der Waals surface area contributed by atoms with Gasteiger partial charge >= 0.3 is 17.8 Å². The molecule has 13 heteroatoms. The number of aryl methyl sites for hydroxylation is 1. The van der Waals surface area contributed by atoms with E-state index in [9.17, 15) is 22.8 Å². The Labute approximate surface area is 186 Å². The number of halogens is 6. The van der Waals surface area contributed by atoms with Crippen molar-refractivity contribution in [3.63, 3.8) is 0 Å². The van der Waals surface area contributed by atoms with Gasteiger partial charge in [-0.15, -0.1) is 10.2 Å². The molecule has 34 heavy (non-hydrogen) atoms. The van der Waals surface area contributed by atoms with Crippen molar-refractivity contribution in [1.29, 1.82) is 0 Å². The smallest absolute Gasteiger partial charge is 0.316 e. The van der Waals surface area contributed by atoms with Crippen LogP contribution in [-0.4, -0.2) is 30.0 Å². The molecule has 0 saturated heterocycles. The maximum Gasteiger partial charge on any atom is 0.418 e. The van der Waals surface area contributed by atoms with Crippen LogP contribution in [0.4, 0.5) is 26.3 Å². The van der Waals surface area contributed by atoms with Gasteiger partial charge in [0.1, 0.15) is 6.33 Å². The van der Waals surface area contributed by atoms with Crippen molar-refractivity contribution >= 4 is 11.8 Å². The van der Waals surface area contributed by atoms with Gasteiger partial charge < -0.3 is 4.57 Å². The zero-order chi connectivity index (χ0) is 25.1. The Balaban J connectivity index is 1.89. The summed E-state index contributed by atoms with van der Waals surface area (Å²) in [6.45, 7) is 0.623. The topological polar surface area (TPSA) is 74.2 Å². The normalized spacial score (nSPS) is 14.4. The fourth-order valence-corrected chi connectivity index (χ4v) is 3.59. The number of pyridine rings is 1. The van der Waals surface area contributed by atoms with Crippen LogP contribution in [-0.2, 0) is 24.8 Å². The lowest BCUT2D eigenvalue weighted by molar-refractivity contribution is -0.149. The summed E-state index contributed by atoms with van der Waals surface area (Å²) in [6.07, 6.45) is -1.99. The van der Waals surface area contributed by atoms with Gasteiger partial charge in [0.05, 0.1) is 16.8 Å². The number of alkyl halides is 6. The first-order valence-corrected chi connectivity index (χ1v) is 9.61. The van der Waals surface area contributed by atoms with Gasteiger partial charge in [-0.1, -0.05) is 12.1 Å². The molecule has 0 saturated carbocycles. The average Bonchev–Trinajstić information content (AvgIpc) is 3.36. The summed E-state index contributed by atoms with van der Waals surface area (Å²) in [7, 11) is 1.22. The van der Waals surface area contributed by atoms with Gasteiger partial charge in [0.25, 0.3) is 0 Å². The Morgan fingerprint density at radius 2 is 1.74 bits per heavy atom. The first-order valence-electron chi connectivity index (χ1n) is 9.61. The third-order valence-corrected chi connectivity index (χ3v) is 5.48. The molecule has 0 fully saturated rings. The fourth-order valence-electron chi connectivity index (χ4n) is 3.59. The highest BCUT2D eigenvalue weighted by atomic mass is 19.4. The number of carbonyl (C=O) groups excluding carboxylic acids is 1. The lowest BCUT2D eigenvalue weighted by atomic mass is 9.90. The van der Waals surface area contributed by atoms with Crippen LogP contribution in [0.15, 0.2) is 53.8 Å². The number of imidazole rings is 1. The van der Waals surface area contributed by atoms with E-state index in [2.05, 4.69) is 10.2 Å². The van der Waals surface area contributed by atoms with Crippen LogP contribution in [0.1, 0.15) is 34.2 Å². The predicted molar refractivity (Wildman–Crippen MR) is 107 cm³/mol. The number of carbonyl (C=O) groups is 1. The molecule has 7 nitrogen and oxygen atoms in total. The van der Waals surface area contributed by atoms with E-state index >= 15 is 13.2 Å². The number of hydrogen-bond donors (Lipinski definition) is 0. The average molecular weight is 483 g/mol. The molecular formula is C21H15F6N5O2. The summed E-state index contributed by atoms with van der Waals surface area (Å²) in [6, 6.07) is 5.00. The Hall–Kier alpha value is -3.90. The number of nitrogens with zero attached hydrogens (tertiary/aromatic N) is 5. The van der Waals surface area contributed by atoms with Crippen molar-refractivity contribution in [2.75, 3.05) is 0 Å². The standard InChI is InChI=1S/C21H15F6N5O2/c1-19(22,20(23,24)17-29-28-11-30(17)2)13-4-3-5-14(7-13)31-9-16-15(21(25,26)27)6-12(10-33)8-32(16)18(31)34/h3-11H,1-2H3. The van der Waals surface area contributed by atoms with Crippen LogP contribution in [0.25, 0.3) is 11.2 Å². The summed E-state index contributed by atoms with van der Waals surface area (Å²) in [5.74, 6) is -5.08. The molecule has 3 heterocycles. The minimum absolute atomic E-state index is 0.155. The van der Waals surface area contributed by atoms with Crippen LogP contribution in [0.3, 0.4) is 0 Å². The zero-order valence-electron chi connectivity index (χ0n) is 17.5. The van der Waals surface area contributed by atoms with Crippen molar-refractivity contribution in [3.8, 4) is 5.69 Å². The van der Waals surface area contributed by atoms with Crippen molar-refractivity contribution in [1.82, 2.24) is 23.7 Å². The first kappa shape index (κ1) is 23.3. The van der Waals surface area contributed by atoms with Crippen LogP contribution in [0, 0.1) is 0 Å². The third-order valence-electron chi connectivity index (χ3n) is 5.48. The van der Waals surface area contributed by atoms with Gasteiger partial charge in [-0.05, 0) is 30.7 Å². The summed E-state index contributed by atoms with van der Waals surface area (Å²) in [5, 5.41) is 6.62. The second kappa shape index (κ2) is 7.57. The number of aromatic nitrogens is 5. The van der Waals surface area contributed by atoms with Gasteiger partial charge in [-0.2, -0.15) is 22.0 Å². The molecule has 1 atom stereocenters. The molecule has 3 aromatic heterocycles. The third kappa shape index (κ3) is 3.47. The number of aldehydes is 1. The Morgan fingerprint density at radius 3 is 2.32 bits per heavy atom. The molecule has 0 amide bonds. The summed E-state index contributed by atoms with van der Waals surface area (Å²) < 4.78 is 88.4. The quantitative estimate of drug-likeness (QED) is 0.318. The van der Waals surface area contributed by atoms with Gasteiger partial charge in [0, 0.05) is 25.0 Å². The Morgan fingerprint density at radius 1 is 1.03 bits per heavy atom. The van der Waals surface area contributed by atoms with Gasteiger partial charge in [0.15, 0.2) is 6.29 Å². The molecule has 0 aliphatic rings. The molecular weight excluding hydrogens is 468 g/mol. The number of fused-ring (bicyclic) bond motifs is 1. The summed E-state index contributed by atoms with van der Waals surface area (Å²) >= 11 is 0. The molecule has 178 valence electrons. The number of benzene rings is 1. The first-order chi connectivity index (χ1) is 15.8. The molecule has 4 rings (SSSR count). The van der Waals surface area contributed by atoms with Crippen molar-refractivity contribution in [2.45, 2.75) is 24.7 Å². The second-order valence-corrected chi connectivity index (χ2v) is 7.73. The molecule has 0 aliphatic carbocycles. The van der Waals surface area contributed by atoms with Gasteiger partial charge in [-0.25, -0.2) is 9.18 Å². The maximum absolute atomic E-state index is 15.6. The lowest BCUT2D eigenvalue weighted by Gasteiger charge is -2.29. The minimum Gasteiger partial charge on any atom is -0.316 e. The van der Waals surface area contributed by atoms with Crippen molar-refractivity contribution in [2.24, 2.45) is 7.05 Å². The van der Waals surface area contributed by atoms with Crippen LogP contribution in [0.5, 0.6) is 0 Å². The predicted octanol–water partition coefficient (Wildman–Crippen LogP) is 4.03. The van der Waals surface area contributed by atoms with Crippen LogP contribution < -0.4 is 5.69 Å². The van der Waals surface area contributed by atoms with Crippen molar-refractivity contribution in [3.05, 3.63) is 82.1 Å². The molecule has 0 spiro atoms. The van der Waals surface area contributed by atoms with Crippen LogP contribution >= 0.6 is 0 Å². The summed E-state index contributed by atoms with van der Waals surface area (Å²) in [5.41, 5.74) is -7.26. The van der Waals surface area contributed by atoms with Crippen LogP contribution in [0.2, 0.25) is 0 Å². The summed E-state index contributed by atoms with van der Waals surface area (Å²) in [4.78, 5) is 23.9. The highest BCUT2D eigenvalue weighted by Gasteiger charge is 2.56. The van der Waals surface area contributed by atoms with Gasteiger partial charge in [0.2, 0.25) is 11.5 Å². The molecule has 0 N–H and O–H groups in total. The monoisotopic (exact) mass is 483 g/mol. The van der Waals surface area contributed by atoms with E-state index in [1.165, 1.54) is 19.2 Å². The Bertz CT molecular complexity index is 1460. The Kier molecular flexibility index (Phi) is 5.18. The van der Waals surface area contributed by atoms with E-state index in [-0.39, 0.29) is 12.0 Å². The van der Waals surface area contributed by atoms with E-state index in [1.807, 2.05) is 0 Å². The number of rotatable bonds is 5. The van der Waals surface area contributed by atoms with E-state index < -0.39 is 51.5 Å². The molecule has 4 aromatic rings. The van der Waals surface area contributed by atoms with E-state index in [0.29, 0.717) is 17.4 Å². The molecule has 0 aliphatic heterocycles. The molecule has 0 bridgehead atoms. The zero-order valence-corrected chi connectivity index (χ0v) is 17.5. The highest BCUT2D eigenvalue weighted by Crippen LogP contribution is 2.47. The second-order valence-electron chi connectivity index (χ2n) is 7.73. The van der Waals surface area contributed by atoms with Gasteiger partial charge in [-0.3, -0.25) is 13.8 Å². The molecule has 0 radical (unpaired) electrons. The minimum atomic E-state index is -4.89. The van der Waals surface area contributed by atoms with E-state index in [0.717, 1.165) is 40.0 Å².